The molecule has 4 rings (SSSR count). The molecule has 1 fully saturated rings. The molecule has 3 aromatic rings. The molecule has 192 valence electrons. The van der Waals surface area contributed by atoms with Gasteiger partial charge in [-0.15, -0.1) is 0 Å². The van der Waals surface area contributed by atoms with E-state index in [0.717, 1.165) is 18.5 Å². The fourth-order valence-electron chi connectivity index (χ4n) is 4.60. The summed E-state index contributed by atoms with van der Waals surface area (Å²) in [5.74, 6) is 0.678. The van der Waals surface area contributed by atoms with E-state index in [1.165, 1.54) is 10.9 Å². The van der Waals surface area contributed by atoms with Gasteiger partial charge >= 0.3 is 12.1 Å². The van der Waals surface area contributed by atoms with Crippen molar-refractivity contribution in [3.8, 4) is 6.07 Å². The monoisotopic (exact) mass is 504 g/mol. The number of hydrogen-bond acceptors (Lipinski definition) is 9. The van der Waals surface area contributed by atoms with Crippen LogP contribution in [0.15, 0.2) is 42.9 Å². The van der Waals surface area contributed by atoms with Crippen molar-refractivity contribution in [3.63, 3.8) is 0 Å². The molecule has 1 aliphatic heterocycles. The predicted octanol–water partition coefficient (Wildman–Crippen LogP) is 2.39. The van der Waals surface area contributed by atoms with E-state index in [1.807, 2.05) is 18.0 Å². The topological polar surface area (TPSA) is 168 Å². The number of carbonyl (C=O) groups excluding carboxylic acids is 3. The molecule has 37 heavy (non-hydrogen) atoms. The Morgan fingerprint density at radius 3 is 2.78 bits per heavy atom. The number of piperidine rings is 1. The largest absolute Gasteiger partial charge is 0.445 e. The van der Waals surface area contributed by atoms with E-state index < -0.39 is 12.1 Å². The number of aromatic nitrogens is 3. The minimum Gasteiger partial charge on any atom is -0.445 e. The molecule has 1 saturated heterocycles. The second-order valence-corrected chi connectivity index (χ2v) is 8.86. The van der Waals surface area contributed by atoms with Gasteiger partial charge in [0.1, 0.15) is 24.5 Å². The third-order valence-electron chi connectivity index (χ3n) is 6.45. The summed E-state index contributed by atoms with van der Waals surface area (Å²) < 4.78 is 6.17. The highest BCUT2D eigenvalue weighted by Gasteiger charge is 2.31. The summed E-state index contributed by atoms with van der Waals surface area (Å²) in [5.41, 5.74) is 6.71. The van der Waals surface area contributed by atoms with E-state index in [4.69, 9.17) is 15.7 Å². The zero-order valence-corrected chi connectivity index (χ0v) is 20.4. The number of primary amides is 1. The van der Waals surface area contributed by atoms with Gasteiger partial charge in [-0.05, 0) is 42.6 Å². The van der Waals surface area contributed by atoms with Gasteiger partial charge in [0.15, 0.2) is 5.65 Å². The number of anilines is 2. The molecule has 2 amide bonds. The quantitative estimate of drug-likeness (QED) is 0.417. The first-order chi connectivity index (χ1) is 17.9. The number of benzene rings is 1. The lowest BCUT2D eigenvalue weighted by atomic mass is 9.86. The van der Waals surface area contributed by atoms with Crippen molar-refractivity contribution >= 4 is 40.4 Å². The first-order valence-electron chi connectivity index (χ1n) is 11.8. The third kappa shape index (κ3) is 6.02. The van der Waals surface area contributed by atoms with Crippen LogP contribution in [-0.2, 0) is 16.1 Å². The highest BCUT2D eigenvalue weighted by atomic mass is 16.5. The molecule has 0 unspecified atom stereocenters. The number of fused-ring (bicyclic) bond motifs is 1. The van der Waals surface area contributed by atoms with Crippen LogP contribution >= 0.6 is 0 Å². The van der Waals surface area contributed by atoms with E-state index in [1.54, 1.807) is 36.5 Å². The molecule has 0 spiro atoms. The number of amides is 2. The number of Topliss-reactive ketones (excluding diaryl/α,β-unsaturated/α-hetero) is 1. The van der Waals surface area contributed by atoms with Crippen LogP contribution in [-0.4, -0.2) is 58.6 Å². The average Bonchev–Trinajstić information content (AvgIpc) is 3.33. The molecule has 3 heterocycles. The SMILES string of the molecule is CN(c1ncnc2c1ccn2C(=O)Nc1ccc(COC(N)=O)cc1)[C@H]1CNCC[C@@H]1CC(=O)CC#N. The van der Waals surface area contributed by atoms with Gasteiger partial charge in [0.25, 0.3) is 0 Å². The first-order valence-corrected chi connectivity index (χ1v) is 11.8. The van der Waals surface area contributed by atoms with E-state index in [-0.39, 0.29) is 30.8 Å². The Hall–Kier alpha value is -4.50. The lowest BCUT2D eigenvalue weighted by Gasteiger charge is -2.39. The summed E-state index contributed by atoms with van der Waals surface area (Å²) >= 11 is 0. The van der Waals surface area contributed by atoms with Gasteiger partial charge in [0.05, 0.1) is 17.9 Å². The Bertz CT molecular complexity index is 1330. The zero-order chi connectivity index (χ0) is 26.4. The Labute approximate surface area is 213 Å². The summed E-state index contributed by atoms with van der Waals surface area (Å²) in [6.45, 7) is 1.53. The van der Waals surface area contributed by atoms with Crippen LogP contribution in [0, 0.1) is 17.2 Å². The van der Waals surface area contributed by atoms with Gasteiger partial charge < -0.3 is 26.0 Å². The van der Waals surface area contributed by atoms with Crippen molar-refractivity contribution in [2.45, 2.75) is 31.9 Å². The maximum atomic E-state index is 13.0. The normalized spacial score (nSPS) is 17.1. The first kappa shape index (κ1) is 25.6. The van der Waals surface area contributed by atoms with Gasteiger partial charge in [-0.1, -0.05) is 12.1 Å². The maximum Gasteiger partial charge on any atom is 0.404 e. The molecule has 0 bridgehead atoms. The molecular weight excluding hydrogens is 476 g/mol. The summed E-state index contributed by atoms with van der Waals surface area (Å²) in [6.07, 6.45) is 3.27. The summed E-state index contributed by atoms with van der Waals surface area (Å²) in [5, 5.41) is 15.8. The number of nitrogens with two attached hydrogens (primary N) is 1. The fraction of sp³-hybridized carbons (Fsp3) is 0.360. The van der Waals surface area contributed by atoms with Crippen LogP contribution in [0.1, 0.15) is 24.8 Å². The lowest BCUT2D eigenvalue weighted by Crippen LogP contribution is -2.50. The molecule has 1 aromatic carbocycles. The number of ketones is 1. The number of nitrogens with zero attached hydrogens (tertiary/aromatic N) is 5. The van der Waals surface area contributed by atoms with E-state index in [9.17, 15) is 14.4 Å². The van der Waals surface area contributed by atoms with Crippen molar-refractivity contribution in [1.29, 1.82) is 5.26 Å². The number of rotatable bonds is 8. The number of nitriles is 1. The molecule has 12 nitrogen and oxygen atoms in total. The van der Waals surface area contributed by atoms with Crippen LogP contribution in [0.25, 0.3) is 11.0 Å². The fourth-order valence-corrected chi connectivity index (χ4v) is 4.60. The molecule has 4 N–H and O–H groups in total. The van der Waals surface area contributed by atoms with Crippen molar-refractivity contribution in [3.05, 3.63) is 48.4 Å². The van der Waals surface area contributed by atoms with Crippen molar-refractivity contribution < 1.29 is 19.1 Å². The smallest absolute Gasteiger partial charge is 0.404 e. The van der Waals surface area contributed by atoms with Crippen molar-refractivity contribution in [1.82, 2.24) is 19.9 Å². The van der Waals surface area contributed by atoms with Crippen LogP contribution in [0.4, 0.5) is 21.1 Å². The lowest BCUT2D eigenvalue weighted by molar-refractivity contribution is -0.119. The maximum absolute atomic E-state index is 13.0. The molecule has 1 aliphatic rings. The highest BCUT2D eigenvalue weighted by Crippen LogP contribution is 2.29. The number of likely N-dealkylation sites (N-methyl/N-ethyl adjacent to an activating group) is 1. The van der Waals surface area contributed by atoms with Crippen LogP contribution < -0.4 is 21.3 Å². The number of ether oxygens (including phenoxy) is 1. The van der Waals surface area contributed by atoms with Gasteiger partial charge in [-0.3, -0.25) is 9.36 Å². The van der Waals surface area contributed by atoms with Crippen molar-refractivity contribution in [2.75, 3.05) is 30.4 Å². The van der Waals surface area contributed by atoms with Gasteiger partial charge in [-0.2, -0.15) is 5.26 Å². The average molecular weight is 505 g/mol. The number of carbonyl (C=O) groups is 3. The second-order valence-electron chi connectivity index (χ2n) is 8.86. The van der Waals surface area contributed by atoms with Crippen molar-refractivity contribution in [2.24, 2.45) is 11.7 Å². The highest BCUT2D eigenvalue weighted by molar-refractivity contribution is 5.99. The minimum absolute atomic E-state index is 0.0104. The minimum atomic E-state index is -0.855. The van der Waals surface area contributed by atoms with Crippen LogP contribution in [0.3, 0.4) is 0 Å². The summed E-state index contributed by atoms with van der Waals surface area (Å²) in [4.78, 5) is 46.8. The Balaban J connectivity index is 1.51. The van der Waals surface area contributed by atoms with Crippen LogP contribution in [0.2, 0.25) is 0 Å². The van der Waals surface area contributed by atoms with E-state index in [2.05, 4.69) is 20.6 Å². The molecule has 2 aromatic heterocycles. The molecule has 12 heteroatoms. The van der Waals surface area contributed by atoms with E-state index >= 15 is 0 Å². The standard InChI is InChI=1S/C25H28N8O4/c1-32(21-13-28-10-7-17(21)12-19(34)6-9-26)22-20-8-11-33(23(20)30-15-29-22)25(36)31-18-4-2-16(3-5-18)14-37-24(27)35/h2-5,8,11,15,17,21,28H,6-7,10,12-14H2,1H3,(H2,27,35)(H,31,36)/t17-,21+/m1/s1. The second kappa shape index (κ2) is 11.5. The Morgan fingerprint density at radius 1 is 1.27 bits per heavy atom. The molecule has 0 saturated carbocycles. The molecule has 2 atom stereocenters. The summed E-state index contributed by atoms with van der Waals surface area (Å²) in [7, 11) is 1.92. The molecular formula is C25H28N8O4. The molecule has 0 radical (unpaired) electrons. The van der Waals surface area contributed by atoms with Crippen LogP contribution in [0.5, 0.6) is 0 Å². The third-order valence-corrected chi connectivity index (χ3v) is 6.45. The van der Waals surface area contributed by atoms with Gasteiger partial charge in [0, 0.05) is 37.9 Å². The Kier molecular flexibility index (Phi) is 7.95. The molecule has 0 aliphatic carbocycles. The zero-order valence-electron chi connectivity index (χ0n) is 20.4. The van der Waals surface area contributed by atoms with Gasteiger partial charge in [-0.25, -0.2) is 19.6 Å². The van der Waals surface area contributed by atoms with Gasteiger partial charge in [0.2, 0.25) is 0 Å². The number of hydrogen-bond donors (Lipinski definition) is 3. The predicted molar refractivity (Wildman–Crippen MR) is 136 cm³/mol. The summed E-state index contributed by atoms with van der Waals surface area (Å²) in [6, 6.07) is 10.1. The Morgan fingerprint density at radius 2 is 2.05 bits per heavy atom. The van der Waals surface area contributed by atoms with E-state index in [0.29, 0.717) is 35.5 Å². The number of nitrogens with one attached hydrogen (secondary N) is 2.